The Labute approximate surface area is 149 Å². The second-order valence-electron chi connectivity index (χ2n) is 6.53. The molecule has 0 N–H and O–H groups in total. The van der Waals surface area contributed by atoms with E-state index in [-0.39, 0.29) is 24.5 Å². The predicted molar refractivity (Wildman–Crippen MR) is 96.2 cm³/mol. The summed E-state index contributed by atoms with van der Waals surface area (Å²) in [6, 6.07) is 9.05. The Morgan fingerprint density at radius 2 is 2.08 bits per heavy atom. The summed E-state index contributed by atoms with van der Waals surface area (Å²) in [5.41, 5.74) is 1.63. The summed E-state index contributed by atoms with van der Waals surface area (Å²) in [4.78, 5) is 12.0. The molecule has 0 radical (unpaired) electrons. The fourth-order valence-electron chi connectivity index (χ4n) is 3.10. The number of esters is 1. The molecule has 2 bridgehead atoms. The second kappa shape index (κ2) is 8.97. The van der Waals surface area contributed by atoms with Gasteiger partial charge in [-0.3, -0.25) is 0 Å². The summed E-state index contributed by atoms with van der Waals surface area (Å²) in [5, 5.41) is 0. The molecule has 0 saturated carbocycles. The molecule has 1 aromatic rings. The van der Waals surface area contributed by atoms with Crippen molar-refractivity contribution in [2.75, 3.05) is 6.61 Å². The van der Waals surface area contributed by atoms with Gasteiger partial charge in [0.25, 0.3) is 0 Å². The first kappa shape index (κ1) is 17.9. The van der Waals surface area contributed by atoms with Crippen LogP contribution in [0.2, 0.25) is 0 Å². The van der Waals surface area contributed by atoms with E-state index in [0.29, 0.717) is 18.6 Å². The van der Waals surface area contributed by atoms with Crippen LogP contribution in [0.4, 0.5) is 0 Å². The third kappa shape index (κ3) is 5.03. The minimum absolute atomic E-state index is 0.0334. The Balaban J connectivity index is 1.49. The number of unbranched alkanes of at least 4 members (excludes halogenated alkanes) is 3. The standard InChI is InChI=1S/C21H26O4/c1-2-3-4-5-9-12-18-19-13-16(14-20(24-18)25-19)15-23-21(22)17-10-7-6-8-11-17/h6-13,18-20H,2-5,14-15H2,1H3/b12-9+/t18-,19?,20?/m0/s1. The van der Waals surface area contributed by atoms with Crippen LogP contribution < -0.4 is 0 Å². The Morgan fingerprint density at radius 3 is 2.88 bits per heavy atom. The number of hydrogen-bond donors (Lipinski definition) is 0. The highest BCUT2D eigenvalue weighted by Gasteiger charge is 2.37. The van der Waals surface area contributed by atoms with Crippen molar-refractivity contribution in [2.45, 2.75) is 57.5 Å². The summed E-state index contributed by atoms with van der Waals surface area (Å²) in [5.74, 6) is -0.298. The van der Waals surface area contributed by atoms with Crippen LogP contribution in [-0.2, 0) is 14.2 Å². The molecular formula is C21H26O4. The maximum atomic E-state index is 12.0. The van der Waals surface area contributed by atoms with Gasteiger partial charge in [0.1, 0.15) is 18.8 Å². The van der Waals surface area contributed by atoms with Crippen molar-refractivity contribution in [3.05, 3.63) is 59.7 Å². The highest BCUT2D eigenvalue weighted by Crippen LogP contribution is 2.31. The van der Waals surface area contributed by atoms with Crippen LogP contribution in [0.3, 0.4) is 0 Å². The molecule has 0 aromatic heterocycles. The van der Waals surface area contributed by atoms with E-state index >= 15 is 0 Å². The number of fused-ring (bicyclic) bond motifs is 2. The summed E-state index contributed by atoms with van der Waals surface area (Å²) < 4.78 is 17.1. The largest absolute Gasteiger partial charge is 0.458 e. The molecule has 2 aliphatic rings. The first-order chi connectivity index (χ1) is 12.3. The Hall–Kier alpha value is -1.91. The highest BCUT2D eigenvalue weighted by atomic mass is 16.7. The second-order valence-corrected chi connectivity index (χ2v) is 6.53. The number of hydrogen-bond acceptors (Lipinski definition) is 4. The van der Waals surface area contributed by atoms with Gasteiger partial charge in [-0.05, 0) is 30.5 Å². The fraction of sp³-hybridized carbons (Fsp3) is 0.476. The van der Waals surface area contributed by atoms with Gasteiger partial charge in [0, 0.05) is 6.42 Å². The molecule has 4 nitrogen and oxygen atoms in total. The molecule has 3 rings (SSSR count). The van der Waals surface area contributed by atoms with Gasteiger partial charge in [-0.1, -0.05) is 56.2 Å². The van der Waals surface area contributed by atoms with Crippen molar-refractivity contribution in [3.63, 3.8) is 0 Å². The molecule has 2 heterocycles. The first-order valence-electron chi connectivity index (χ1n) is 9.15. The maximum absolute atomic E-state index is 12.0. The Kier molecular flexibility index (Phi) is 6.42. The lowest BCUT2D eigenvalue weighted by atomic mass is 10.1. The van der Waals surface area contributed by atoms with Gasteiger partial charge in [-0.15, -0.1) is 0 Å². The van der Waals surface area contributed by atoms with Crippen molar-refractivity contribution in [3.8, 4) is 0 Å². The topological polar surface area (TPSA) is 44.8 Å². The Morgan fingerprint density at radius 1 is 1.24 bits per heavy atom. The molecule has 2 unspecified atom stereocenters. The summed E-state index contributed by atoms with van der Waals surface area (Å²) in [6.45, 7) is 2.50. The number of allylic oxidation sites excluding steroid dienone is 1. The summed E-state index contributed by atoms with van der Waals surface area (Å²) in [6.07, 6.45) is 11.4. The number of carbonyl (C=O) groups excluding carboxylic acids is 1. The van der Waals surface area contributed by atoms with E-state index in [0.717, 1.165) is 12.0 Å². The summed E-state index contributed by atoms with van der Waals surface area (Å²) >= 11 is 0. The van der Waals surface area contributed by atoms with E-state index < -0.39 is 0 Å². The van der Waals surface area contributed by atoms with Crippen molar-refractivity contribution >= 4 is 5.97 Å². The van der Waals surface area contributed by atoms with E-state index in [4.69, 9.17) is 14.2 Å². The van der Waals surface area contributed by atoms with Crippen LogP contribution in [0, 0.1) is 0 Å². The van der Waals surface area contributed by atoms with Gasteiger partial charge in [-0.2, -0.15) is 0 Å². The lowest BCUT2D eigenvalue weighted by molar-refractivity contribution is -0.0621. The number of ether oxygens (including phenoxy) is 3. The normalized spacial score (nSPS) is 25.2. The fourth-order valence-corrected chi connectivity index (χ4v) is 3.10. The lowest BCUT2D eigenvalue weighted by Gasteiger charge is -2.18. The third-order valence-corrected chi connectivity index (χ3v) is 4.47. The van der Waals surface area contributed by atoms with E-state index in [2.05, 4.69) is 19.1 Å². The highest BCUT2D eigenvalue weighted by molar-refractivity contribution is 5.89. The van der Waals surface area contributed by atoms with Gasteiger partial charge in [-0.25, -0.2) is 4.79 Å². The van der Waals surface area contributed by atoms with Crippen LogP contribution in [-0.4, -0.2) is 31.1 Å². The smallest absolute Gasteiger partial charge is 0.338 e. The molecule has 1 fully saturated rings. The molecule has 1 aromatic carbocycles. The van der Waals surface area contributed by atoms with Crippen molar-refractivity contribution in [1.29, 1.82) is 0 Å². The average molecular weight is 342 g/mol. The van der Waals surface area contributed by atoms with Crippen molar-refractivity contribution in [1.82, 2.24) is 0 Å². The van der Waals surface area contributed by atoms with E-state index in [1.807, 2.05) is 24.3 Å². The van der Waals surface area contributed by atoms with Gasteiger partial charge >= 0.3 is 5.97 Å². The minimum Gasteiger partial charge on any atom is -0.458 e. The number of benzene rings is 1. The van der Waals surface area contributed by atoms with E-state index in [1.54, 1.807) is 12.1 Å². The third-order valence-electron chi connectivity index (χ3n) is 4.47. The lowest BCUT2D eigenvalue weighted by Crippen LogP contribution is -2.22. The van der Waals surface area contributed by atoms with Gasteiger partial charge in [0.15, 0.2) is 6.29 Å². The zero-order valence-electron chi connectivity index (χ0n) is 14.7. The molecular weight excluding hydrogens is 316 g/mol. The van der Waals surface area contributed by atoms with Gasteiger partial charge < -0.3 is 14.2 Å². The van der Waals surface area contributed by atoms with Crippen molar-refractivity contribution in [2.24, 2.45) is 0 Å². The molecule has 3 atom stereocenters. The van der Waals surface area contributed by atoms with Crippen LogP contribution in [0.5, 0.6) is 0 Å². The monoisotopic (exact) mass is 342 g/mol. The zero-order valence-corrected chi connectivity index (χ0v) is 14.7. The van der Waals surface area contributed by atoms with Crippen LogP contribution in [0.1, 0.15) is 49.4 Å². The minimum atomic E-state index is -0.298. The zero-order chi connectivity index (χ0) is 17.5. The number of carbonyl (C=O) groups is 1. The molecule has 134 valence electrons. The maximum Gasteiger partial charge on any atom is 0.338 e. The van der Waals surface area contributed by atoms with E-state index in [1.165, 1.54) is 19.3 Å². The van der Waals surface area contributed by atoms with Gasteiger partial charge in [0.2, 0.25) is 0 Å². The van der Waals surface area contributed by atoms with Gasteiger partial charge in [0.05, 0.1) is 5.56 Å². The number of rotatable bonds is 8. The first-order valence-corrected chi connectivity index (χ1v) is 9.15. The molecule has 2 aliphatic heterocycles. The van der Waals surface area contributed by atoms with Crippen LogP contribution in [0.25, 0.3) is 0 Å². The predicted octanol–water partition coefficient (Wildman–Crippen LogP) is 4.42. The quantitative estimate of drug-likeness (QED) is 0.398. The SMILES string of the molecule is CCCCC/C=C/[C@@H]1OC2CC(COC(=O)c3ccccc3)=CC1O2. The molecule has 0 amide bonds. The molecule has 4 heteroatoms. The van der Waals surface area contributed by atoms with Crippen LogP contribution in [0.15, 0.2) is 54.1 Å². The molecule has 25 heavy (non-hydrogen) atoms. The summed E-state index contributed by atoms with van der Waals surface area (Å²) in [7, 11) is 0. The van der Waals surface area contributed by atoms with E-state index in [9.17, 15) is 4.79 Å². The van der Waals surface area contributed by atoms with Crippen molar-refractivity contribution < 1.29 is 19.0 Å². The molecule has 0 spiro atoms. The van der Waals surface area contributed by atoms with Crippen LogP contribution >= 0.6 is 0 Å². The Bertz CT molecular complexity index is 620. The molecule has 0 aliphatic carbocycles. The average Bonchev–Trinajstić information content (AvgIpc) is 2.93. The molecule has 1 saturated heterocycles.